The highest BCUT2D eigenvalue weighted by Gasteiger charge is 2.36. The van der Waals surface area contributed by atoms with Crippen LogP contribution in [-0.4, -0.2) is 42.3 Å². The van der Waals surface area contributed by atoms with Crippen molar-refractivity contribution in [1.29, 1.82) is 0 Å². The number of aromatic nitrogens is 2. The maximum absolute atomic E-state index is 13.4. The van der Waals surface area contributed by atoms with Crippen molar-refractivity contribution in [2.75, 3.05) is 13.7 Å². The largest absolute Gasteiger partial charge is 0.465 e. The maximum Gasteiger partial charge on any atom is 0.337 e. The Bertz CT molecular complexity index is 1120. The van der Waals surface area contributed by atoms with Crippen LogP contribution in [0.15, 0.2) is 65.7 Å². The first-order valence-corrected chi connectivity index (χ1v) is 11.3. The molecule has 0 spiro atoms. The van der Waals surface area contributed by atoms with Gasteiger partial charge >= 0.3 is 5.97 Å². The molecular weight excluding hydrogens is 402 g/mol. The number of benzene rings is 2. The van der Waals surface area contributed by atoms with Gasteiger partial charge in [-0.15, -0.1) is 0 Å². The number of imidazole rings is 1. The summed E-state index contributed by atoms with van der Waals surface area (Å²) >= 11 is 0. The second kappa shape index (κ2) is 8.41. The van der Waals surface area contributed by atoms with Crippen molar-refractivity contribution < 1.29 is 17.9 Å². The van der Waals surface area contributed by atoms with Crippen LogP contribution < -0.4 is 0 Å². The molecule has 156 valence electrons. The van der Waals surface area contributed by atoms with Crippen LogP contribution in [0.3, 0.4) is 0 Å². The van der Waals surface area contributed by atoms with E-state index < -0.39 is 16.0 Å². The van der Waals surface area contributed by atoms with Crippen molar-refractivity contribution in [1.82, 2.24) is 14.3 Å². The highest BCUT2D eigenvalue weighted by atomic mass is 32.2. The molecule has 2 heterocycles. The van der Waals surface area contributed by atoms with Crippen molar-refractivity contribution in [3.63, 3.8) is 0 Å². The number of nitrogens with one attached hydrogen (secondary N) is 1. The van der Waals surface area contributed by atoms with Crippen LogP contribution in [0.2, 0.25) is 0 Å². The molecule has 4 rings (SSSR count). The second-order valence-electron chi connectivity index (χ2n) is 7.19. The predicted molar refractivity (Wildman–Crippen MR) is 112 cm³/mol. The summed E-state index contributed by atoms with van der Waals surface area (Å²) < 4.78 is 32.9. The van der Waals surface area contributed by atoms with Gasteiger partial charge in [-0.25, -0.2) is 18.2 Å². The van der Waals surface area contributed by atoms with Crippen LogP contribution in [0.25, 0.3) is 11.3 Å². The monoisotopic (exact) mass is 425 g/mol. The topological polar surface area (TPSA) is 92.4 Å². The van der Waals surface area contributed by atoms with Gasteiger partial charge in [-0.2, -0.15) is 4.31 Å². The number of carbonyl (C=O) groups is 1. The Morgan fingerprint density at radius 2 is 1.83 bits per heavy atom. The average molecular weight is 426 g/mol. The molecule has 0 bridgehead atoms. The van der Waals surface area contributed by atoms with Crippen LogP contribution in [0.1, 0.15) is 41.5 Å². The van der Waals surface area contributed by atoms with Gasteiger partial charge in [-0.3, -0.25) is 0 Å². The Balaban J connectivity index is 1.63. The van der Waals surface area contributed by atoms with E-state index in [1.165, 1.54) is 35.7 Å². The van der Waals surface area contributed by atoms with Crippen molar-refractivity contribution in [2.24, 2.45) is 0 Å². The molecule has 0 amide bonds. The van der Waals surface area contributed by atoms with E-state index in [9.17, 15) is 13.2 Å². The van der Waals surface area contributed by atoms with Gasteiger partial charge in [0.05, 0.1) is 35.5 Å². The predicted octanol–water partition coefficient (Wildman–Crippen LogP) is 3.78. The standard InChI is InChI=1S/C22H23N3O4S/c1-29-22(26)17-10-12-18(13-11-17)30(27,28)25-14-6-5-9-20(25)21-23-15-19(24-21)16-7-3-2-4-8-16/h2-4,7-8,10-13,15,20H,5-6,9,14H2,1H3,(H,23,24)/t20-/m0/s1. The molecule has 1 aliphatic heterocycles. The van der Waals surface area contributed by atoms with E-state index in [0.29, 0.717) is 24.4 Å². The SMILES string of the molecule is COC(=O)c1ccc(S(=O)(=O)N2CCCC[C@H]2c2ncc(-c3ccccc3)[nH]2)cc1. The molecule has 1 aliphatic rings. The number of hydrogen-bond donors (Lipinski definition) is 1. The van der Waals surface area contributed by atoms with Crippen molar-refractivity contribution in [2.45, 2.75) is 30.2 Å². The fourth-order valence-electron chi connectivity index (χ4n) is 3.75. The molecule has 2 aromatic carbocycles. The Hall–Kier alpha value is -2.97. The van der Waals surface area contributed by atoms with Gasteiger partial charge in [0.25, 0.3) is 0 Å². The van der Waals surface area contributed by atoms with Gasteiger partial charge < -0.3 is 9.72 Å². The minimum atomic E-state index is -3.74. The highest BCUT2D eigenvalue weighted by Crippen LogP contribution is 2.35. The van der Waals surface area contributed by atoms with E-state index in [-0.39, 0.29) is 10.9 Å². The lowest BCUT2D eigenvalue weighted by molar-refractivity contribution is 0.0600. The number of sulfonamides is 1. The minimum Gasteiger partial charge on any atom is -0.465 e. The maximum atomic E-state index is 13.4. The number of ether oxygens (including phenoxy) is 1. The first kappa shape index (κ1) is 20.3. The van der Waals surface area contributed by atoms with E-state index >= 15 is 0 Å². The summed E-state index contributed by atoms with van der Waals surface area (Å²) in [5.41, 5.74) is 2.17. The summed E-state index contributed by atoms with van der Waals surface area (Å²) in [6, 6.07) is 15.3. The molecular formula is C22H23N3O4S. The van der Waals surface area contributed by atoms with Crippen LogP contribution in [0, 0.1) is 0 Å². The lowest BCUT2D eigenvalue weighted by atomic mass is 10.0. The number of esters is 1. The fourth-order valence-corrected chi connectivity index (χ4v) is 5.41. The van der Waals surface area contributed by atoms with E-state index in [4.69, 9.17) is 0 Å². The molecule has 1 N–H and O–H groups in total. The van der Waals surface area contributed by atoms with Crippen molar-refractivity contribution in [3.05, 3.63) is 72.2 Å². The first-order valence-electron chi connectivity index (χ1n) is 9.81. The van der Waals surface area contributed by atoms with Gasteiger partial charge in [0.1, 0.15) is 5.82 Å². The number of nitrogens with zero attached hydrogens (tertiary/aromatic N) is 2. The lowest BCUT2D eigenvalue weighted by Crippen LogP contribution is -2.39. The number of aromatic amines is 1. The molecule has 30 heavy (non-hydrogen) atoms. The molecule has 1 atom stereocenters. The van der Waals surface area contributed by atoms with E-state index in [1.807, 2.05) is 30.3 Å². The van der Waals surface area contributed by atoms with E-state index in [1.54, 1.807) is 6.20 Å². The average Bonchev–Trinajstić information content (AvgIpc) is 3.29. The number of carbonyl (C=O) groups excluding carboxylic acids is 1. The Morgan fingerprint density at radius 3 is 2.53 bits per heavy atom. The zero-order valence-corrected chi connectivity index (χ0v) is 17.4. The molecule has 0 radical (unpaired) electrons. The van der Waals surface area contributed by atoms with Crippen LogP contribution in [0.4, 0.5) is 0 Å². The Labute approximate surface area is 175 Å². The Morgan fingerprint density at radius 1 is 1.10 bits per heavy atom. The van der Waals surface area contributed by atoms with Crippen LogP contribution in [0.5, 0.6) is 0 Å². The Kier molecular flexibility index (Phi) is 5.69. The third-order valence-corrected chi connectivity index (χ3v) is 7.25. The summed E-state index contributed by atoms with van der Waals surface area (Å²) in [6.45, 7) is 0.424. The summed E-state index contributed by atoms with van der Waals surface area (Å²) in [4.78, 5) is 19.6. The number of rotatable bonds is 5. The quantitative estimate of drug-likeness (QED) is 0.628. The third kappa shape index (κ3) is 3.88. The van der Waals surface area contributed by atoms with Gasteiger partial charge in [0.15, 0.2) is 0 Å². The van der Waals surface area contributed by atoms with Crippen LogP contribution >= 0.6 is 0 Å². The summed E-state index contributed by atoms with van der Waals surface area (Å²) in [5, 5.41) is 0. The van der Waals surface area contributed by atoms with Gasteiger partial charge in [0, 0.05) is 6.54 Å². The molecule has 1 saturated heterocycles. The first-order chi connectivity index (χ1) is 14.5. The molecule has 0 saturated carbocycles. The summed E-state index contributed by atoms with van der Waals surface area (Å²) in [7, 11) is -2.45. The summed E-state index contributed by atoms with van der Waals surface area (Å²) in [6.07, 6.45) is 4.16. The number of hydrogen-bond acceptors (Lipinski definition) is 5. The normalized spacial score (nSPS) is 17.6. The molecule has 7 nitrogen and oxygen atoms in total. The fraction of sp³-hybridized carbons (Fsp3) is 0.273. The highest BCUT2D eigenvalue weighted by molar-refractivity contribution is 7.89. The number of H-pyrrole nitrogens is 1. The second-order valence-corrected chi connectivity index (χ2v) is 9.08. The summed E-state index contributed by atoms with van der Waals surface area (Å²) in [5.74, 6) is 0.141. The zero-order chi connectivity index (χ0) is 21.1. The molecule has 8 heteroatoms. The van der Waals surface area contributed by atoms with Crippen molar-refractivity contribution >= 4 is 16.0 Å². The molecule has 1 fully saturated rings. The smallest absolute Gasteiger partial charge is 0.337 e. The third-order valence-electron chi connectivity index (χ3n) is 5.33. The molecule has 1 aromatic heterocycles. The number of piperidine rings is 1. The molecule has 0 unspecified atom stereocenters. The minimum absolute atomic E-state index is 0.150. The molecule has 3 aromatic rings. The zero-order valence-electron chi connectivity index (χ0n) is 16.6. The lowest BCUT2D eigenvalue weighted by Gasteiger charge is -2.33. The molecule has 0 aliphatic carbocycles. The van der Waals surface area contributed by atoms with Crippen molar-refractivity contribution in [3.8, 4) is 11.3 Å². The van der Waals surface area contributed by atoms with E-state index in [2.05, 4.69) is 14.7 Å². The van der Waals surface area contributed by atoms with Gasteiger partial charge in [0.2, 0.25) is 10.0 Å². The number of methoxy groups -OCH3 is 1. The van der Waals surface area contributed by atoms with Gasteiger partial charge in [-0.05, 0) is 42.7 Å². The van der Waals surface area contributed by atoms with Crippen LogP contribution in [-0.2, 0) is 14.8 Å². The van der Waals surface area contributed by atoms with Gasteiger partial charge in [-0.1, -0.05) is 36.8 Å². The van der Waals surface area contributed by atoms with E-state index in [0.717, 1.165) is 24.1 Å².